The molecule has 0 aliphatic carbocycles. The van der Waals surface area contributed by atoms with Crippen molar-refractivity contribution in [2.45, 2.75) is 18.9 Å². The van der Waals surface area contributed by atoms with Gasteiger partial charge in [-0.25, -0.2) is 4.98 Å². The van der Waals surface area contributed by atoms with Crippen LogP contribution in [0, 0.1) is 0 Å². The van der Waals surface area contributed by atoms with Gasteiger partial charge in [0.1, 0.15) is 5.82 Å². The molecular formula is C14H19N3. The van der Waals surface area contributed by atoms with Crippen LogP contribution in [-0.2, 0) is 13.5 Å². The van der Waals surface area contributed by atoms with Gasteiger partial charge in [0.05, 0.1) is 0 Å². The normalized spacial score (nSPS) is 12.6. The highest BCUT2D eigenvalue weighted by molar-refractivity contribution is 5.18. The van der Waals surface area contributed by atoms with Crippen LogP contribution >= 0.6 is 0 Å². The second-order valence-corrected chi connectivity index (χ2v) is 4.24. The summed E-state index contributed by atoms with van der Waals surface area (Å²) in [7, 11) is 4.05. The number of imidazole rings is 1. The first-order chi connectivity index (χ1) is 8.31. The zero-order chi connectivity index (χ0) is 12.1. The van der Waals surface area contributed by atoms with Crippen LogP contribution < -0.4 is 5.32 Å². The number of hydrogen-bond donors (Lipinski definition) is 1. The van der Waals surface area contributed by atoms with E-state index in [2.05, 4.69) is 45.2 Å². The molecule has 17 heavy (non-hydrogen) atoms. The molecule has 1 unspecified atom stereocenters. The minimum Gasteiger partial charge on any atom is -0.338 e. The fraction of sp³-hybridized carbons (Fsp3) is 0.357. The van der Waals surface area contributed by atoms with Gasteiger partial charge in [0.25, 0.3) is 0 Å². The molecule has 0 amide bonds. The summed E-state index contributed by atoms with van der Waals surface area (Å²) in [6.07, 6.45) is 5.90. The Kier molecular flexibility index (Phi) is 3.94. The second-order valence-electron chi connectivity index (χ2n) is 4.24. The van der Waals surface area contributed by atoms with Crippen molar-refractivity contribution in [3.63, 3.8) is 0 Å². The molecule has 1 aromatic carbocycles. The fourth-order valence-corrected chi connectivity index (χ4v) is 2.07. The van der Waals surface area contributed by atoms with Gasteiger partial charge in [0, 0.05) is 31.9 Å². The lowest BCUT2D eigenvalue weighted by Crippen LogP contribution is -2.17. The number of aryl methyl sites for hydroxylation is 2. The van der Waals surface area contributed by atoms with Crippen molar-refractivity contribution >= 4 is 0 Å². The average molecular weight is 229 g/mol. The zero-order valence-electron chi connectivity index (χ0n) is 10.4. The lowest BCUT2D eigenvalue weighted by atomic mass is 10.0. The summed E-state index contributed by atoms with van der Waals surface area (Å²) in [5, 5.41) is 3.36. The Morgan fingerprint density at radius 1 is 1.29 bits per heavy atom. The summed E-state index contributed by atoms with van der Waals surface area (Å²) in [5.41, 5.74) is 1.34. The minimum absolute atomic E-state index is 0.396. The number of nitrogens with zero attached hydrogens (tertiary/aromatic N) is 2. The molecule has 1 heterocycles. The first kappa shape index (κ1) is 11.9. The quantitative estimate of drug-likeness (QED) is 0.852. The Labute approximate surface area is 103 Å². The predicted octanol–water partition coefficient (Wildman–Crippen LogP) is 2.31. The van der Waals surface area contributed by atoms with Crippen molar-refractivity contribution in [3.8, 4) is 0 Å². The highest BCUT2D eigenvalue weighted by Crippen LogP contribution is 2.17. The highest BCUT2D eigenvalue weighted by atomic mass is 15.0. The molecule has 2 rings (SSSR count). The first-order valence-corrected chi connectivity index (χ1v) is 5.99. The number of hydrogen-bond acceptors (Lipinski definition) is 2. The monoisotopic (exact) mass is 229 g/mol. The summed E-state index contributed by atoms with van der Waals surface area (Å²) in [6, 6.07) is 10.9. The molecule has 0 fully saturated rings. The van der Waals surface area contributed by atoms with Crippen molar-refractivity contribution in [2.75, 3.05) is 7.05 Å². The van der Waals surface area contributed by atoms with Crippen LogP contribution in [0.1, 0.15) is 23.9 Å². The van der Waals surface area contributed by atoms with Gasteiger partial charge in [-0.1, -0.05) is 30.3 Å². The SMILES string of the molecule is CNC(CCc1nccn1C)c1ccccc1. The summed E-state index contributed by atoms with van der Waals surface area (Å²) in [6.45, 7) is 0. The van der Waals surface area contributed by atoms with Gasteiger partial charge >= 0.3 is 0 Å². The first-order valence-electron chi connectivity index (χ1n) is 5.99. The Hall–Kier alpha value is -1.61. The van der Waals surface area contributed by atoms with E-state index in [1.54, 1.807) is 0 Å². The third kappa shape index (κ3) is 2.94. The van der Waals surface area contributed by atoms with Crippen LogP contribution in [0.25, 0.3) is 0 Å². The Bertz CT molecular complexity index is 448. The van der Waals surface area contributed by atoms with Gasteiger partial charge in [-0.3, -0.25) is 0 Å². The van der Waals surface area contributed by atoms with Gasteiger partial charge in [0.15, 0.2) is 0 Å². The van der Waals surface area contributed by atoms with Gasteiger partial charge in [0.2, 0.25) is 0 Å². The average Bonchev–Trinajstić information content (AvgIpc) is 2.77. The van der Waals surface area contributed by atoms with E-state index in [-0.39, 0.29) is 0 Å². The lowest BCUT2D eigenvalue weighted by molar-refractivity contribution is 0.536. The third-order valence-corrected chi connectivity index (χ3v) is 3.13. The standard InChI is InChI=1S/C14H19N3/c1-15-13(12-6-4-3-5-7-12)8-9-14-16-10-11-17(14)2/h3-7,10-11,13,15H,8-9H2,1-2H3. The molecule has 2 aromatic rings. The van der Waals surface area contributed by atoms with Crippen LogP contribution in [0.4, 0.5) is 0 Å². The maximum absolute atomic E-state index is 4.35. The Balaban J connectivity index is 1.99. The molecule has 1 atom stereocenters. The molecule has 3 heteroatoms. The second kappa shape index (κ2) is 5.64. The summed E-state index contributed by atoms with van der Waals surface area (Å²) >= 11 is 0. The molecule has 0 aliphatic heterocycles. The highest BCUT2D eigenvalue weighted by Gasteiger charge is 2.09. The van der Waals surface area contributed by atoms with E-state index in [1.165, 1.54) is 5.56 Å². The molecule has 0 saturated carbocycles. The van der Waals surface area contributed by atoms with Gasteiger partial charge in [-0.05, 0) is 19.0 Å². The van der Waals surface area contributed by atoms with Crippen LogP contribution in [0.2, 0.25) is 0 Å². The van der Waals surface area contributed by atoms with Crippen molar-refractivity contribution in [3.05, 3.63) is 54.1 Å². The van der Waals surface area contributed by atoms with E-state index in [4.69, 9.17) is 0 Å². The third-order valence-electron chi connectivity index (χ3n) is 3.13. The predicted molar refractivity (Wildman–Crippen MR) is 69.8 cm³/mol. The van der Waals surface area contributed by atoms with E-state index in [0.29, 0.717) is 6.04 Å². The molecule has 1 N–H and O–H groups in total. The summed E-state index contributed by atoms with van der Waals surface area (Å²) in [5.74, 6) is 1.14. The molecule has 1 aromatic heterocycles. The van der Waals surface area contributed by atoms with E-state index in [0.717, 1.165) is 18.7 Å². The topological polar surface area (TPSA) is 29.9 Å². The van der Waals surface area contributed by atoms with E-state index in [1.807, 2.05) is 26.5 Å². The Morgan fingerprint density at radius 3 is 2.65 bits per heavy atom. The molecule has 0 saturated heterocycles. The lowest BCUT2D eigenvalue weighted by Gasteiger charge is -2.16. The zero-order valence-corrected chi connectivity index (χ0v) is 10.4. The fourth-order valence-electron chi connectivity index (χ4n) is 2.07. The summed E-state index contributed by atoms with van der Waals surface area (Å²) in [4.78, 5) is 4.35. The number of rotatable bonds is 5. The number of nitrogens with one attached hydrogen (secondary N) is 1. The van der Waals surface area contributed by atoms with Crippen LogP contribution in [0.5, 0.6) is 0 Å². The van der Waals surface area contributed by atoms with Gasteiger partial charge in [-0.2, -0.15) is 0 Å². The van der Waals surface area contributed by atoms with Gasteiger partial charge in [-0.15, -0.1) is 0 Å². The largest absolute Gasteiger partial charge is 0.338 e. The minimum atomic E-state index is 0.396. The van der Waals surface area contributed by atoms with Crippen LogP contribution in [0.3, 0.4) is 0 Å². The number of benzene rings is 1. The maximum Gasteiger partial charge on any atom is 0.108 e. The summed E-state index contributed by atoms with van der Waals surface area (Å²) < 4.78 is 2.08. The molecular weight excluding hydrogens is 210 g/mol. The Morgan fingerprint density at radius 2 is 2.06 bits per heavy atom. The molecule has 90 valence electrons. The molecule has 0 spiro atoms. The van der Waals surface area contributed by atoms with Crippen LogP contribution in [0.15, 0.2) is 42.7 Å². The molecule has 0 aliphatic rings. The molecule has 0 radical (unpaired) electrons. The van der Waals surface area contributed by atoms with Crippen LogP contribution in [-0.4, -0.2) is 16.6 Å². The van der Waals surface area contributed by atoms with E-state index < -0.39 is 0 Å². The van der Waals surface area contributed by atoms with Gasteiger partial charge < -0.3 is 9.88 Å². The smallest absolute Gasteiger partial charge is 0.108 e. The van der Waals surface area contributed by atoms with Crippen molar-refractivity contribution < 1.29 is 0 Å². The van der Waals surface area contributed by atoms with Crippen molar-refractivity contribution in [2.24, 2.45) is 7.05 Å². The molecule has 3 nitrogen and oxygen atoms in total. The molecule has 0 bridgehead atoms. The van der Waals surface area contributed by atoms with Crippen molar-refractivity contribution in [1.29, 1.82) is 0 Å². The van der Waals surface area contributed by atoms with E-state index >= 15 is 0 Å². The maximum atomic E-state index is 4.35. The van der Waals surface area contributed by atoms with E-state index in [9.17, 15) is 0 Å². The van der Waals surface area contributed by atoms with Crippen molar-refractivity contribution in [1.82, 2.24) is 14.9 Å². The number of aromatic nitrogens is 2.